The highest BCUT2D eigenvalue weighted by molar-refractivity contribution is 5.94. The van der Waals surface area contributed by atoms with Gasteiger partial charge in [0.1, 0.15) is 0 Å². The summed E-state index contributed by atoms with van der Waals surface area (Å²) in [6.07, 6.45) is 0. The number of nitrogens with one attached hydrogen (secondary N) is 1. The van der Waals surface area contributed by atoms with Crippen LogP contribution in [-0.2, 0) is 0 Å². The topological polar surface area (TPSA) is 32.3 Å². The van der Waals surface area contributed by atoms with Gasteiger partial charge in [0.15, 0.2) is 0 Å². The van der Waals surface area contributed by atoms with Crippen LogP contribution in [0.15, 0.2) is 30.3 Å². The molecule has 1 saturated heterocycles. The Morgan fingerprint density at radius 2 is 2.06 bits per heavy atom. The summed E-state index contributed by atoms with van der Waals surface area (Å²) in [5.41, 5.74) is 0.784. The standard InChI is InChI=1S/C12H16N2O.ClH/c1-10-9-13-7-8-14(10)12(15)11-5-3-2-4-6-11;/h2-6,10,13H,7-9H2,1H3;1H/t10-;/m1./s1. The summed E-state index contributed by atoms with van der Waals surface area (Å²) in [6.45, 7) is 4.66. The summed E-state index contributed by atoms with van der Waals surface area (Å²) >= 11 is 0. The van der Waals surface area contributed by atoms with Gasteiger partial charge in [0.05, 0.1) is 0 Å². The van der Waals surface area contributed by atoms with E-state index in [1.165, 1.54) is 0 Å². The number of amides is 1. The van der Waals surface area contributed by atoms with E-state index in [1.54, 1.807) is 0 Å². The lowest BCUT2D eigenvalue weighted by Crippen LogP contribution is -2.52. The summed E-state index contributed by atoms with van der Waals surface area (Å²) < 4.78 is 0. The van der Waals surface area contributed by atoms with Crippen molar-refractivity contribution in [3.05, 3.63) is 35.9 Å². The maximum Gasteiger partial charge on any atom is 0.254 e. The van der Waals surface area contributed by atoms with Crippen LogP contribution in [0.25, 0.3) is 0 Å². The van der Waals surface area contributed by atoms with E-state index in [9.17, 15) is 4.79 Å². The average Bonchev–Trinajstić information content (AvgIpc) is 2.30. The lowest BCUT2D eigenvalue weighted by atomic mass is 10.1. The molecule has 1 amide bonds. The second-order valence-electron chi connectivity index (χ2n) is 3.92. The molecular formula is C12H17ClN2O. The summed E-state index contributed by atoms with van der Waals surface area (Å²) in [6, 6.07) is 9.76. The molecule has 88 valence electrons. The van der Waals surface area contributed by atoms with Crippen LogP contribution in [0.5, 0.6) is 0 Å². The molecule has 1 heterocycles. The number of carbonyl (C=O) groups excluding carboxylic acids is 1. The van der Waals surface area contributed by atoms with Crippen LogP contribution in [0.1, 0.15) is 17.3 Å². The van der Waals surface area contributed by atoms with Gasteiger partial charge in [-0.2, -0.15) is 0 Å². The Morgan fingerprint density at radius 3 is 2.69 bits per heavy atom. The first-order valence-electron chi connectivity index (χ1n) is 5.36. The Morgan fingerprint density at radius 1 is 1.38 bits per heavy atom. The maximum absolute atomic E-state index is 12.1. The second kappa shape index (κ2) is 5.87. The first kappa shape index (κ1) is 13.0. The Bertz CT molecular complexity index is 342. The Labute approximate surface area is 102 Å². The van der Waals surface area contributed by atoms with Crippen LogP contribution >= 0.6 is 12.4 Å². The maximum atomic E-state index is 12.1. The lowest BCUT2D eigenvalue weighted by molar-refractivity contribution is 0.0656. The molecular weight excluding hydrogens is 224 g/mol. The molecule has 1 aromatic rings. The molecule has 0 radical (unpaired) electrons. The molecule has 1 N–H and O–H groups in total. The van der Waals surface area contributed by atoms with Crippen LogP contribution in [-0.4, -0.2) is 36.5 Å². The van der Waals surface area contributed by atoms with Gasteiger partial charge in [-0.25, -0.2) is 0 Å². The summed E-state index contributed by atoms with van der Waals surface area (Å²) in [5, 5.41) is 3.28. The minimum Gasteiger partial charge on any atom is -0.333 e. The molecule has 3 nitrogen and oxygen atoms in total. The zero-order valence-electron chi connectivity index (χ0n) is 9.35. The number of hydrogen-bond acceptors (Lipinski definition) is 2. The van der Waals surface area contributed by atoms with Gasteiger partial charge in [-0.15, -0.1) is 12.4 Å². The highest BCUT2D eigenvalue weighted by Crippen LogP contribution is 2.09. The van der Waals surface area contributed by atoms with Crippen molar-refractivity contribution in [2.45, 2.75) is 13.0 Å². The number of carbonyl (C=O) groups is 1. The van der Waals surface area contributed by atoms with E-state index in [0.717, 1.165) is 25.2 Å². The van der Waals surface area contributed by atoms with E-state index in [-0.39, 0.29) is 24.4 Å². The van der Waals surface area contributed by atoms with Crippen molar-refractivity contribution in [1.82, 2.24) is 10.2 Å². The van der Waals surface area contributed by atoms with E-state index >= 15 is 0 Å². The molecule has 1 atom stereocenters. The zero-order chi connectivity index (χ0) is 10.7. The van der Waals surface area contributed by atoms with Crippen molar-refractivity contribution in [1.29, 1.82) is 0 Å². The van der Waals surface area contributed by atoms with Crippen molar-refractivity contribution in [2.24, 2.45) is 0 Å². The number of benzene rings is 1. The highest BCUT2D eigenvalue weighted by atomic mass is 35.5. The van der Waals surface area contributed by atoms with Crippen molar-refractivity contribution >= 4 is 18.3 Å². The molecule has 1 aromatic carbocycles. The van der Waals surface area contributed by atoms with Gasteiger partial charge in [-0.1, -0.05) is 18.2 Å². The normalized spacial score (nSPS) is 20.1. The largest absolute Gasteiger partial charge is 0.333 e. The highest BCUT2D eigenvalue weighted by Gasteiger charge is 2.23. The summed E-state index contributed by atoms with van der Waals surface area (Å²) in [7, 11) is 0. The summed E-state index contributed by atoms with van der Waals surface area (Å²) in [4.78, 5) is 14.0. The first-order valence-corrected chi connectivity index (χ1v) is 5.36. The molecule has 0 saturated carbocycles. The van der Waals surface area contributed by atoms with Crippen LogP contribution in [0.2, 0.25) is 0 Å². The average molecular weight is 241 g/mol. The van der Waals surface area contributed by atoms with Crippen LogP contribution in [0.3, 0.4) is 0 Å². The molecule has 0 spiro atoms. The predicted octanol–water partition coefficient (Wildman–Crippen LogP) is 1.54. The van der Waals surface area contributed by atoms with Crippen molar-refractivity contribution in [2.75, 3.05) is 19.6 Å². The van der Waals surface area contributed by atoms with Crippen molar-refractivity contribution < 1.29 is 4.79 Å². The van der Waals surface area contributed by atoms with Crippen molar-refractivity contribution in [3.8, 4) is 0 Å². The SMILES string of the molecule is C[C@@H]1CNCCN1C(=O)c1ccccc1.Cl. The number of halogens is 1. The van der Waals surface area contributed by atoms with E-state index in [0.29, 0.717) is 0 Å². The molecule has 0 aliphatic carbocycles. The minimum absolute atomic E-state index is 0. The van der Waals surface area contributed by atoms with Gasteiger partial charge in [-0.3, -0.25) is 4.79 Å². The lowest BCUT2D eigenvalue weighted by Gasteiger charge is -2.34. The number of hydrogen-bond donors (Lipinski definition) is 1. The third-order valence-electron chi connectivity index (χ3n) is 2.78. The number of piperazine rings is 1. The fourth-order valence-electron chi connectivity index (χ4n) is 1.89. The van der Waals surface area contributed by atoms with Crippen molar-refractivity contribution in [3.63, 3.8) is 0 Å². The van der Waals surface area contributed by atoms with E-state index < -0.39 is 0 Å². The Hall–Kier alpha value is -1.06. The van der Waals surface area contributed by atoms with Crippen LogP contribution in [0, 0.1) is 0 Å². The third kappa shape index (κ3) is 2.74. The first-order chi connectivity index (χ1) is 7.29. The molecule has 4 heteroatoms. The smallest absolute Gasteiger partial charge is 0.254 e. The van der Waals surface area contributed by atoms with E-state index in [2.05, 4.69) is 12.2 Å². The fraction of sp³-hybridized carbons (Fsp3) is 0.417. The van der Waals surface area contributed by atoms with Gasteiger partial charge in [0.25, 0.3) is 5.91 Å². The molecule has 16 heavy (non-hydrogen) atoms. The number of nitrogens with zero attached hydrogens (tertiary/aromatic N) is 1. The van der Waals surface area contributed by atoms with E-state index in [1.807, 2.05) is 35.2 Å². The fourth-order valence-corrected chi connectivity index (χ4v) is 1.89. The van der Waals surface area contributed by atoms with Crippen LogP contribution in [0.4, 0.5) is 0 Å². The monoisotopic (exact) mass is 240 g/mol. The van der Waals surface area contributed by atoms with Crippen LogP contribution < -0.4 is 5.32 Å². The second-order valence-corrected chi connectivity index (χ2v) is 3.92. The predicted molar refractivity (Wildman–Crippen MR) is 67.1 cm³/mol. The van der Waals surface area contributed by atoms with Gasteiger partial charge < -0.3 is 10.2 Å². The minimum atomic E-state index is 0. The van der Waals surface area contributed by atoms with Gasteiger partial charge in [0.2, 0.25) is 0 Å². The third-order valence-corrected chi connectivity index (χ3v) is 2.78. The molecule has 1 aliphatic rings. The molecule has 0 bridgehead atoms. The molecule has 0 aromatic heterocycles. The quantitative estimate of drug-likeness (QED) is 0.808. The van der Waals surface area contributed by atoms with E-state index in [4.69, 9.17) is 0 Å². The molecule has 0 unspecified atom stereocenters. The Balaban J connectivity index is 0.00000128. The van der Waals surface area contributed by atoms with Gasteiger partial charge in [0, 0.05) is 31.2 Å². The molecule has 1 fully saturated rings. The molecule has 1 aliphatic heterocycles. The number of rotatable bonds is 1. The molecule has 2 rings (SSSR count). The summed E-state index contributed by atoms with van der Waals surface area (Å²) in [5.74, 6) is 0.143. The van der Waals surface area contributed by atoms with Gasteiger partial charge in [-0.05, 0) is 19.1 Å². The Kier molecular flexibility index (Phi) is 4.77. The zero-order valence-corrected chi connectivity index (χ0v) is 10.2. The van der Waals surface area contributed by atoms with Gasteiger partial charge >= 0.3 is 0 Å².